The summed E-state index contributed by atoms with van der Waals surface area (Å²) in [5, 5.41) is 10.5. The molecule has 0 aromatic rings. The predicted octanol–water partition coefficient (Wildman–Crippen LogP) is 4.41. The highest BCUT2D eigenvalue weighted by Gasteiger charge is 2.32. The van der Waals surface area contributed by atoms with Crippen LogP contribution in [0.5, 0.6) is 0 Å². The van der Waals surface area contributed by atoms with Gasteiger partial charge in [0.2, 0.25) is 0 Å². The smallest absolute Gasteiger partial charge is 0.0782 e. The van der Waals surface area contributed by atoms with Crippen LogP contribution in [-0.2, 0) is 0 Å². The zero-order valence-electron chi connectivity index (χ0n) is 12.6. The van der Waals surface area contributed by atoms with Crippen molar-refractivity contribution in [1.29, 1.82) is 0 Å². The van der Waals surface area contributed by atoms with E-state index in [1.54, 1.807) is 0 Å². The SMILES string of the molecule is C=C[C@@H](C(C)C)[C@@H](O)/C=C/[Si](C)(C)C(C)(C)C. The fraction of sp³-hybridized carbons (Fsp3) is 0.733. The molecule has 0 aromatic heterocycles. The molecule has 0 saturated carbocycles. The van der Waals surface area contributed by atoms with Gasteiger partial charge in [0.1, 0.15) is 0 Å². The van der Waals surface area contributed by atoms with E-state index in [1.807, 2.05) is 12.2 Å². The molecule has 0 spiro atoms. The topological polar surface area (TPSA) is 20.2 Å². The van der Waals surface area contributed by atoms with Crippen LogP contribution in [0.2, 0.25) is 18.1 Å². The molecule has 0 radical (unpaired) electrons. The van der Waals surface area contributed by atoms with E-state index in [1.165, 1.54) is 0 Å². The van der Waals surface area contributed by atoms with E-state index < -0.39 is 14.2 Å². The highest BCUT2D eigenvalue weighted by molar-refractivity contribution is 6.84. The average molecular weight is 254 g/mol. The zero-order chi connectivity index (χ0) is 13.9. The Balaban J connectivity index is 4.78. The lowest BCUT2D eigenvalue weighted by Crippen LogP contribution is -2.35. The van der Waals surface area contributed by atoms with Gasteiger partial charge in [0.05, 0.1) is 14.2 Å². The minimum Gasteiger partial charge on any atom is -0.388 e. The van der Waals surface area contributed by atoms with Crippen molar-refractivity contribution >= 4 is 8.07 Å². The summed E-state index contributed by atoms with van der Waals surface area (Å²) in [6, 6.07) is 0. The van der Waals surface area contributed by atoms with E-state index in [2.05, 4.69) is 60.0 Å². The fourth-order valence-electron chi connectivity index (χ4n) is 1.52. The summed E-state index contributed by atoms with van der Waals surface area (Å²) < 4.78 is 0. The molecule has 0 aliphatic heterocycles. The molecule has 0 bridgehead atoms. The Morgan fingerprint density at radius 2 is 1.65 bits per heavy atom. The maximum atomic E-state index is 10.2. The van der Waals surface area contributed by atoms with E-state index in [4.69, 9.17) is 0 Å². The highest BCUT2D eigenvalue weighted by Crippen LogP contribution is 2.36. The first-order valence-electron chi connectivity index (χ1n) is 6.53. The summed E-state index contributed by atoms with van der Waals surface area (Å²) in [6.45, 7) is 19.6. The zero-order valence-corrected chi connectivity index (χ0v) is 13.6. The van der Waals surface area contributed by atoms with Gasteiger partial charge in [0.15, 0.2) is 0 Å². The van der Waals surface area contributed by atoms with Gasteiger partial charge in [-0.1, -0.05) is 65.6 Å². The molecule has 1 N–H and O–H groups in total. The molecular weight excluding hydrogens is 224 g/mol. The van der Waals surface area contributed by atoms with E-state index in [9.17, 15) is 5.11 Å². The van der Waals surface area contributed by atoms with Crippen molar-refractivity contribution in [2.45, 2.75) is 58.9 Å². The molecule has 0 aromatic carbocycles. The van der Waals surface area contributed by atoms with Gasteiger partial charge in [0, 0.05) is 5.92 Å². The van der Waals surface area contributed by atoms with Crippen LogP contribution in [0.1, 0.15) is 34.6 Å². The third-order valence-electron chi connectivity index (χ3n) is 4.08. The van der Waals surface area contributed by atoms with Gasteiger partial charge >= 0.3 is 0 Å². The van der Waals surface area contributed by atoms with Gasteiger partial charge in [-0.25, -0.2) is 0 Å². The largest absolute Gasteiger partial charge is 0.388 e. The van der Waals surface area contributed by atoms with Gasteiger partial charge < -0.3 is 5.11 Å². The summed E-state index contributed by atoms with van der Waals surface area (Å²) in [6.07, 6.45) is 3.46. The normalized spacial score (nSPS) is 17.5. The van der Waals surface area contributed by atoms with Crippen molar-refractivity contribution in [2.75, 3.05) is 0 Å². The first-order chi connectivity index (χ1) is 7.53. The monoisotopic (exact) mass is 254 g/mol. The molecule has 0 fully saturated rings. The lowest BCUT2D eigenvalue weighted by Gasteiger charge is -2.34. The van der Waals surface area contributed by atoms with Gasteiger partial charge in [0.25, 0.3) is 0 Å². The number of hydrogen-bond acceptors (Lipinski definition) is 1. The van der Waals surface area contributed by atoms with E-state index >= 15 is 0 Å². The second-order valence-electron chi connectivity index (χ2n) is 6.88. The molecule has 0 unspecified atom stereocenters. The quantitative estimate of drug-likeness (QED) is 0.569. The second kappa shape index (κ2) is 6.01. The van der Waals surface area contributed by atoms with Crippen molar-refractivity contribution in [3.8, 4) is 0 Å². The van der Waals surface area contributed by atoms with Crippen LogP contribution >= 0.6 is 0 Å². The summed E-state index contributed by atoms with van der Waals surface area (Å²) in [5.74, 6) is 0.572. The van der Waals surface area contributed by atoms with Crippen molar-refractivity contribution in [2.24, 2.45) is 11.8 Å². The molecule has 2 heteroatoms. The number of aliphatic hydroxyl groups excluding tert-OH is 1. The Morgan fingerprint density at radius 3 is 1.94 bits per heavy atom. The van der Waals surface area contributed by atoms with Crippen LogP contribution in [0.4, 0.5) is 0 Å². The first-order valence-corrected chi connectivity index (χ1v) is 9.60. The lowest BCUT2D eigenvalue weighted by atomic mass is 9.90. The number of aliphatic hydroxyl groups is 1. The van der Waals surface area contributed by atoms with Gasteiger partial charge in [-0.3, -0.25) is 0 Å². The average Bonchev–Trinajstić information content (AvgIpc) is 2.13. The van der Waals surface area contributed by atoms with Crippen molar-refractivity contribution in [1.82, 2.24) is 0 Å². The summed E-state index contributed by atoms with van der Waals surface area (Å²) >= 11 is 0. The maximum absolute atomic E-state index is 10.2. The third-order valence-corrected chi connectivity index (χ3v) is 8.97. The number of rotatable bonds is 5. The maximum Gasteiger partial charge on any atom is 0.0782 e. The Morgan fingerprint density at radius 1 is 1.18 bits per heavy atom. The van der Waals surface area contributed by atoms with E-state index in [0.29, 0.717) is 11.0 Å². The van der Waals surface area contributed by atoms with Gasteiger partial charge in [-0.15, -0.1) is 6.58 Å². The third kappa shape index (κ3) is 4.80. The molecule has 2 atom stereocenters. The van der Waals surface area contributed by atoms with Crippen LogP contribution in [0.25, 0.3) is 0 Å². The summed E-state index contributed by atoms with van der Waals surface area (Å²) in [4.78, 5) is 0. The van der Waals surface area contributed by atoms with Gasteiger partial charge in [-0.2, -0.15) is 0 Å². The Bertz CT molecular complexity index is 271. The molecule has 100 valence electrons. The molecule has 1 nitrogen and oxygen atoms in total. The van der Waals surface area contributed by atoms with Crippen molar-refractivity contribution in [3.05, 3.63) is 24.4 Å². The Hall–Kier alpha value is -0.343. The number of hydrogen-bond donors (Lipinski definition) is 1. The van der Waals surface area contributed by atoms with Crippen molar-refractivity contribution < 1.29 is 5.11 Å². The standard InChI is InChI=1S/C15H30OSi/c1-9-13(12(2)3)14(16)10-11-17(7,8)15(4,5)6/h9-14,16H,1H2,2-8H3/b11-10+/t13-,14-/m0/s1. The first kappa shape index (κ1) is 16.7. The van der Waals surface area contributed by atoms with E-state index in [-0.39, 0.29) is 5.92 Å². The minimum absolute atomic E-state index is 0.149. The van der Waals surface area contributed by atoms with Crippen LogP contribution < -0.4 is 0 Å². The summed E-state index contributed by atoms with van der Waals surface area (Å²) in [5.41, 5.74) is 2.27. The van der Waals surface area contributed by atoms with Crippen LogP contribution in [0.15, 0.2) is 24.4 Å². The molecule has 0 rings (SSSR count). The molecular formula is C15H30OSi. The fourth-order valence-corrected chi connectivity index (χ4v) is 2.70. The van der Waals surface area contributed by atoms with Gasteiger partial charge in [-0.05, 0) is 11.0 Å². The molecule has 0 saturated heterocycles. The Kier molecular flexibility index (Phi) is 5.89. The lowest BCUT2D eigenvalue weighted by molar-refractivity contribution is 0.151. The second-order valence-corrected chi connectivity index (χ2v) is 12.2. The predicted molar refractivity (Wildman–Crippen MR) is 80.9 cm³/mol. The molecule has 0 aliphatic rings. The van der Waals surface area contributed by atoms with E-state index in [0.717, 1.165) is 0 Å². The van der Waals surface area contributed by atoms with Crippen LogP contribution in [0, 0.1) is 11.8 Å². The van der Waals surface area contributed by atoms with Crippen LogP contribution in [-0.4, -0.2) is 19.3 Å². The molecule has 0 amide bonds. The minimum atomic E-state index is -1.44. The highest BCUT2D eigenvalue weighted by atomic mass is 28.3. The molecule has 0 heterocycles. The summed E-state index contributed by atoms with van der Waals surface area (Å²) in [7, 11) is -1.44. The Labute approximate surface area is 109 Å². The molecule has 17 heavy (non-hydrogen) atoms. The van der Waals surface area contributed by atoms with Crippen LogP contribution in [0.3, 0.4) is 0 Å². The van der Waals surface area contributed by atoms with Crippen molar-refractivity contribution in [3.63, 3.8) is 0 Å². The molecule has 0 aliphatic carbocycles.